The number of rotatable bonds is 2. The molecular formula is C10H9FO. The third kappa shape index (κ3) is 1.59. The summed E-state index contributed by atoms with van der Waals surface area (Å²) in [4.78, 5) is 10.5. The maximum absolute atomic E-state index is 12.4. The third-order valence-corrected chi connectivity index (χ3v) is 1.60. The molecule has 0 aliphatic carbocycles. The van der Waals surface area contributed by atoms with Crippen molar-refractivity contribution in [2.75, 3.05) is 0 Å². The van der Waals surface area contributed by atoms with Crippen LogP contribution in [0.25, 0.3) is 5.57 Å². The minimum Gasteiger partial charge on any atom is -0.255 e. The molecule has 0 spiro atoms. The van der Waals surface area contributed by atoms with Gasteiger partial charge in [-0.3, -0.25) is 4.79 Å². The van der Waals surface area contributed by atoms with Gasteiger partial charge in [0.25, 0.3) is 0 Å². The van der Waals surface area contributed by atoms with E-state index in [0.717, 1.165) is 0 Å². The molecule has 0 fully saturated rings. The summed E-state index contributed by atoms with van der Waals surface area (Å²) in [5.41, 5.74) is 1.35. The van der Waals surface area contributed by atoms with Crippen molar-refractivity contribution in [3.05, 3.63) is 42.0 Å². The van der Waals surface area contributed by atoms with Gasteiger partial charge in [0.05, 0.1) is 5.56 Å². The number of allylic oxidation sites excluding steroid dienone is 1. The molecule has 0 heterocycles. The third-order valence-electron chi connectivity index (χ3n) is 1.60. The maximum atomic E-state index is 12.4. The Kier molecular flexibility index (Phi) is 2.38. The van der Waals surface area contributed by atoms with E-state index in [4.69, 9.17) is 0 Å². The van der Waals surface area contributed by atoms with Gasteiger partial charge in [0.15, 0.2) is 0 Å². The maximum Gasteiger partial charge on any atom is 0.332 e. The van der Waals surface area contributed by atoms with Crippen LogP contribution in [-0.4, -0.2) is 6.04 Å². The molecule has 2 heteroatoms. The minimum atomic E-state index is -1.41. The molecule has 0 amide bonds. The van der Waals surface area contributed by atoms with Crippen LogP contribution in [0.2, 0.25) is 0 Å². The summed E-state index contributed by atoms with van der Waals surface area (Å²) in [6, 6.07) is 5.09. The van der Waals surface area contributed by atoms with Crippen molar-refractivity contribution in [1.82, 2.24) is 0 Å². The molecule has 1 nitrogen and oxygen atoms in total. The second kappa shape index (κ2) is 3.30. The fourth-order valence-corrected chi connectivity index (χ4v) is 1.03. The summed E-state index contributed by atoms with van der Waals surface area (Å²) in [7, 11) is 0. The molecule has 0 N–H and O–H groups in total. The SMILES string of the molecule is C=C(C)c1ccccc1C(=O)F. The van der Waals surface area contributed by atoms with Gasteiger partial charge in [0, 0.05) is 0 Å². The fourth-order valence-electron chi connectivity index (χ4n) is 1.03. The smallest absolute Gasteiger partial charge is 0.255 e. The summed E-state index contributed by atoms with van der Waals surface area (Å²) in [6.45, 7) is 5.39. The van der Waals surface area contributed by atoms with Crippen LogP contribution < -0.4 is 0 Å². The van der Waals surface area contributed by atoms with E-state index in [9.17, 15) is 9.18 Å². The summed E-state index contributed by atoms with van der Waals surface area (Å²) in [6.07, 6.45) is 0. The Bertz CT molecular complexity index is 295. The number of hydrogen-bond donors (Lipinski definition) is 0. The van der Waals surface area contributed by atoms with Crippen LogP contribution >= 0.6 is 0 Å². The molecule has 0 saturated carbocycles. The van der Waals surface area contributed by atoms with Crippen LogP contribution in [0.4, 0.5) is 4.39 Å². The van der Waals surface area contributed by atoms with Crippen molar-refractivity contribution in [3.63, 3.8) is 0 Å². The van der Waals surface area contributed by atoms with Crippen molar-refractivity contribution in [1.29, 1.82) is 0 Å². The van der Waals surface area contributed by atoms with Crippen LogP contribution in [0.3, 0.4) is 0 Å². The fraction of sp³-hybridized carbons (Fsp3) is 0.100. The molecule has 1 aromatic carbocycles. The molecule has 62 valence electrons. The van der Waals surface area contributed by atoms with Crippen molar-refractivity contribution in [2.45, 2.75) is 6.92 Å². The molecule has 0 bridgehead atoms. The number of halogens is 1. The lowest BCUT2D eigenvalue weighted by Crippen LogP contribution is -1.95. The molecule has 0 aliphatic heterocycles. The van der Waals surface area contributed by atoms with E-state index in [1.54, 1.807) is 25.1 Å². The van der Waals surface area contributed by atoms with E-state index >= 15 is 0 Å². The first kappa shape index (κ1) is 8.65. The van der Waals surface area contributed by atoms with Crippen LogP contribution in [0.5, 0.6) is 0 Å². The topological polar surface area (TPSA) is 17.1 Å². The van der Waals surface area contributed by atoms with E-state index in [-0.39, 0.29) is 5.56 Å². The second-order valence-corrected chi connectivity index (χ2v) is 2.60. The van der Waals surface area contributed by atoms with Gasteiger partial charge < -0.3 is 0 Å². The largest absolute Gasteiger partial charge is 0.332 e. The molecule has 12 heavy (non-hydrogen) atoms. The first-order valence-electron chi connectivity index (χ1n) is 3.57. The lowest BCUT2D eigenvalue weighted by atomic mass is 10.0. The summed E-state index contributed by atoms with van der Waals surface area (Å²) >= 11 is 0. The summed E-state index contributed by atoms with van der Waals surface area (Å²) < 4.78 is 12.4. The average molecular weight is 164 g/mol. The van der Waals surface area contributed by atoms with Gasteiger partial charge in [-0.25, -0.2) is 0 Å². The number of hydrogen-bond acceptors (Lipinski definition) is 1. The van der Waals surface area contributed by atoms with Crippen LogP contribution in [0.1, 0.15) is 22.8 Å². The van der Waals surface area contributed by atoms with Gasteiger partial charge >= 0.3 is 6.04 Å². The Morgan fingerprint density at radius 1 is 1.33 bits per heavy atom. The highest BCUT2D eigenvalue weighted by atomic mass is 19.1. The quantitative estimate of drug-likeness (QED) is 0.614. The van der Waals surface area contributed by atoms with Crippen molar-refractivity contribution < 1.29 is 9.18 Å². The van der Waals surface area contributed by atoms with Crippen LogP contribution in [0.15, 0.2) is 30.8 Å². The normalized spacial score (nSPS) is 9.50. The minimum absolute atomic E-state index is 0.0880. The Hall–Kier alpha value is -1.44. The Morgan fingerprint density at radius 3 is 2.17 bits per heavy atom. The monoisotopic (exact) mass is 164 g/mol. The van der Waals surface area contributed by atoms with E-state index in [1.165, 1.54) is 6.07 Å². The lowest BCUT2D eigenvalue weighted by molar-refractivity contribution is 0.0835. The summed E-state index contributed by atoms with van der Waals surface area (Å²) in [5, 5.41) is 0. The van der Waals surface area contributed by atoms with E-state index in [0.29, 0.717) is 11.1 Å². The predicted octanol–water partition coefficient (Wildman–Crippen LogP) is 2.83. The van der Waals surface area contributed by atoms with Gasteiger partial charge in [-0.15, -0.1) is 0 Å². The van der Waals surface area contributed by atoms with Crippen molar-refractivity contribution in [3.8, 4) is 0 Å². The lowest BCUT2D eigenvalue weighted by Gasteiger charge is -2.02. The number of benzene rings is 1. The van der Waals surface area contributed by atoms with E-state index in [1.807, 2.05) is 0 Å². The first-order chi connectivity index (χ1) is 5.63. The van der Waals surface area contributed by atoms with Gasteiger partial charge in [0.1, 0.15) is 0 Å². The zero-order valence-corrected chi connectivity index (χ0v) is 6.80. The Balaban J connectivity index is 3.27. The van der Waals surface area contributed by atoms with Gasteiger partial charge in [0.2, 0.25) is 0 Å². The first-order valence-corrected chi connectivity index (χ1v) is 3.57. The molecule has 0 aromatic heterocycles. The van der Waals surface area contributed by atoms with Crippen LogP contribution in [-0.2, 0) is 0 Å². The molecule has 1 aromatic rings. The van der Waals surface area contributed by atoms with Crippen molar-refractivity contribution >= 4 is 11.6 Å². The molecule has 0 aliphatic rings. The zero-order valence-electron chi connectivity index (χ0n) is 6.80. The van der Waals surface area contributed by atoms with E-state index in [2.05, 4.69) is 6.58 Å². The molecule has 1 rings (SSSR count). The zero-order chi connectivity index (χ0) is 9.14. The van der Waals surface area contributed by atoms with Crippen LogP contribution in [0, 0.1) is 0 Å². The number of carbonyl (C=O) groups is 1. The Labute approximate surface area is 70.5 Å². The molecule has 0 saturated heterocycles. The highest BCUT2D eigenvalue weighted by molar-refractivity contribution is 5.94. The standard InChI is InChI=1S/C10H9FO/c1-7(2)8-5-3-4-6-9(8)10(11)12/h3-6H,1H2,2H3. The van der Waals surface area contributed by atoms with Crippen molar-refractivity contribution in [2.24, 2.45) is 0 Å². The highest BCUT2D eigenvalue weighted by Crippen LogP contribution is 2.17. The average Bonchev–Trinajstić information content (AvgIpc) is 2.04. The molecule has 0 atom stereocenters. The summed E-state index contributed by atoms with van der Waals surface area (Å²) in [5.74, 6) is 0. The molecular weight excluding hydrogens is 155 g/mol. The van der Waals surface area contributed by atoms with Gasteiger partial charge in [-0.05, 0) is 18.6 Å². The number of carbonyl (C=O) groups excluding carboxylic acids is 1. The van der Waals surface area contributed by atoms with Gasteiger partial charge in [-0.1, -0.05) is 30.4 Å². The van der Waals surface area contributed by atoms with E-state index < -0.39 is 6.04 Å². The highest BCUT2D eigenvalue weighted by Gasteiger charge is 2.08. The predicted molar refractivity (Wildman–Crippen MR) is 46.6 cm³/mol. The second-order valence-electron chi connectivity index (χ2n) is 2.60. The molecule has 0 radical (unpaired) electrons. The van der Waals surface area contributed by atoms with Gasteiger partial charge in [-0.2, -0.15) is 4.39 Å². The Morgan fingerprint density at radius 2 is 1.83 bits per heavy atom. The molecule has 0 unspecified atom stereocenters.